The Hall–Kier alpha value is -0.860. The maximum atomic E-state index is 6.25. The molecule has 3 unspecified atom stereocenters. The van der Waals surface area contributed by atoms with Crippen LogP contribution in [0, 0.1) is 5.92 Å². The van der Waals surface area contributed by atoms with Crippen LogP contribution < -0.4 is 5.73 Å². The second-order valence-corrected chi connectivity index (χ2v) is 6.69. The van der Waals surface area contributed by atoms with E-state index >= 15 is 0 Å². The Bertz CT molecular complexity index is 382. The van der Waals surface area contributed by atoms with E-state index < -0.39 is 0 Å². The summed E-state index contributed by atoms with van der Waals surface area (Å²) in [5.41, 5.74) is 7.27. The van der Waals surface area contributed by atoms with Crippen molar-refractivity contribution in [1.82, 2.24) is 0 Å². The van der Waals surface area contributed by atoms with E-state index in [2.05, 4.69) is 51.1 Å². The number of rotatable bonds is 3. The van der Waals surface area contributed by atoms with Crippen molar-refractivity contribution in [3.05, 3.63) is 35.9 Å². The van der Waals surface area contributed by atoms with Gasteiger partial charge in [0.05, 0.1) is 11.7 Å². The molecule has 106 valence electrons. The highest BCUT2D eigenvalue weighted by Crippen LogP contribution is 2.38. The van der Waals surface area contributed by atoms with Crippen molar-refractivity contribution in [3.63, 3.8) is 0 Å². The second kappa shape index (κ2) is 6.06. The van der Waals surface area contributed by atoms with Crippen LogP contribution in [0.1, 0.15) is 51.5 Å². The first kappa shape index (κ1) is 14.5. The Labute approximate surface area is 117 Å². The summed E-state index contributed by atoms with van der Waals surface area (Å²) in [4.78, 5) is 0. The van der Waals surface area contributed by atoms with Crippen LogP contribution in [0.5, 0.6) is 0 Å². The lowest BCUT2D eigenvalue weighted by Gasteiger charge is -2.39. The van der Waals surface area contributed by atoms with Crippen LogP contribution in [0.15, 0.2) is 30.3 Å². The lowest BCUT2D eigenvalue weighted by molar-refractivity contribution is -0.0995. The molecule has 1 aromatic carbocycles. The maximum absolute atomic E-state index is 6.25. The minimum atomic E-state index is -0.0866. The average Bonchev–Trinajstić information content (AvgIpc) is 2.38. The van der Waals surface area contributed by atoms with Crippen molar-refractivity contribution >= 4 is 0 Å². The highest BCUT2D eigenvalue weighted by Gasteiger charge is 2.33. The van der Waals surface area contributed by atoms with Gasteiger partial charge in [0.1, 0.15) is 0 Å². The molecule has 1 aliphatic rings. The fourth-order valence-electron chi connectivity index (χ4n) is 3.09. The number of hydrogen-bond donors (Lipinski definition) is 1. The zero-order valence-corrected chi connectivity index (χ0v) is 12.4. The quantitative estimate of drug-likeness (QED) is 0.900. The van der Waals surface area contributed by atoms with Crippen LogP contribution >= 0.6 is 0 Å². The molecule has 1 fully saturated rings. The molecule has 3 atom stereocenters. The molecule has 0 heterocycles. The Kier molecular flexibility index (Phi) is 4.64. The van der Waals surface area contributed by atoms with Crippen LogP contribution in [-0.4, -0.2) is 18.2 Å². The van der Waals surface area contributed by atoms with Gasteiger partial charge in [0, 0.05) is 0 Å². The second-order valence-electron chi connectivity index (χ2n) is 6.69. The van der Waals surface area contributed by atoms with E-state index in [1.54, 1.807) is 0 Å². The van der Waals surface area contributed by atoms with Crippen LogP contribution in [0.25, 0.3) is 0 Å². The number of benzene rings is 1. The van der Waals surface area contributed by atoms with Crippen LogP contribution in [0.3, 0.4) is 0 Å². The minimum Gasteiger partial charge on any atom is -0.372 e. The van der Waals surface area contributed by atoms with Crippen molar-refractivity contribution < 1.29 is 4.74 Å². The van der Waals surface area contributed by atoms with Gasteiger partial charge in [-0.25, -0.2) is 0 Å². The van der Waals surface area contributed by atoms with E-state index in [0.29, 0.717) is 17.9 Å². The summed E-state index contributed by atoms with van der Waals surface area (Å²) in [6, 6.07) is 10.8. The number of nitrogens with two attached hydrogens (primary N) is 1. The molecular formula is C17H27NO. The van der Waals surface area contributed by atoms with Gasteiger partial charge in [0.15, 0.2) is 0 Å². The van der Waals surface area contributed by atoms with Gasteiger partial charge in [-0.05, 0) is 64.0 Å². The predicted octanol–water partition coefficient (Wildman–Crippen LogP) is 3.71. The molecule has 0 spiro atoms. The summed E-state index contributed by atoms with van der Waals surface area (Å²) in [7, 11) is 0. The first-order valence-electron chi connectivity index (χ1n) is 7.42. The molecular weight excluding hydrogens is 234 g/mol. The Morgan fingerprint density at radius 2 is 1.84 bits per heavy atom. The first-order valence-corrected chi connectivity index (χ1v) is 7.42. The molecule has 0 bridgehead atoms. The van der Waals surface area contributed by atoms with Crippen molar-refractivity contribution in [2.75, 3.05) is 6.54 Å². The van der Waals surface area contributed by atoms with Gasteiger partial charge < -0.3 is 10.5 Å². The van der Waals surface area contributed by atoms with Gasteiger partial charge in [0.25, 0.3) is 0 Å². The number of hydrogen-bond acceptors (Lipinski definition) is 2. The van der Waals surface area contributed by atoms with E-state index in [1.165, 1.54) is 18.4 Å². The standard InChI is InChI=1S/C17H27NO/c1-17(2,3)19-16-11-14(9-10-15(16)12-18)13-7-5-4-6-8-13/h4-8,14-16H,9-12,18H2,1-3H3. The zero-order chi connectivity index (χ0) is 13.9. The average molecular weight is 261 g/mol. The maximum Gasteiger partial charge on any atom is 0.0628 e. The predicted molar refractivity (Wildman–Crippen MR) is 80.2 cm³/mol. The molecule has 0 aliphatic heterocycles. The molecule has 0 saturated heterocycles. The molecule has 2 heteroatoms. The minimum absolute atomic E-state index is 0.0866. The third-order valence-electron chi connectivity index (χ3n) is 4.01. The Balaban J connectivity index is 2.07. The Morgan fingerprint density at radius 3 is 2.42 bits per heavy atom. The molecule has 0 aromatic heterocycles. The summed E-state index contributed by atoms with van der Waals surface area (Å²) >= 11 is 0. The summed E-state index contributed by atoms with van der Waals surface area (Å²) in [5, 5.41) is 0. The van der Waals surface area contributed by atoms with Crippen LogP contribution in [0.2, 0.25) is 0 Å². The molecule has 2 N–H and O–H groups in total. The van der Waals surface area contributed by atoms with Gasteiger partial charge in [-0.15, -0.1) is 0 Å². The lowest BCUT2D eigenvalue weighted by atomic mass is 9.76. The molecule has 1 saturated carbocycles. The van der Waals surface area contributed by atoms with Gasteiger partial charge >= 0.3 is 0 Å². The third kappa shape index (κ3) is 4.05. The highest BCUT2D eigenvalue weighted by atomic mass is 16.5. The normalized spacial score (nSPS) is 28.3. The summed E-state index contributed by atoms with van der Waals surface area (Å²) in [6.45, 7) is 7.13. The van der Waals surface area contributed by atoms with E-state index in [1.807, 2.05) is 0 Å². The molecule has 0 amide bonds. The van der Waals surface area contributed by atoms with Crippen molar-refractivity contribution in [1.29, 1.82) is 0 Å². The fraction of sp³-hybridized carbons (Fsp3) is 0.647. The van der Waals surface area contributed by atoms with Gasteiger partial charge in [0.2, 0.25) is 0 Å². The first-order chi connectivity index (χ1) is 8.99. The SMILES string of the molecule is CC(C)(C)OC1CC(c2ccccc2)CCC1CN. The van der Waals surface area contributed by atoms with Gasteiger partial charge in [-0.1, -0.05) is 30.3 Å². The molecule has 0 radical (unpaired) electrons. The van der Waals surface area contributed by atoms with Gasteiger partial charge in [-0.3, -0.25) is 0 Å². The fourth-order valence-corrected chi connectivity index (χ4v) is 3.09. The largest absolute Gasteiger partial charge is 0.372 e. The van der Waals surface area contributed by atoms with Crippen molar-refractivity contribution in [2.45, 2.75) is 57.7 Å². The smallest absolute Gasteiger partial charge is 0.0628 e. The lowest BCUT2D eigenvalue weighted by Crippen LogP contribution is -2.40. The van der Waals surface area contributed by atoms with Crippen molar-refractivity contribution in [3.8, 4) is 0 Å². The van der Waals surface area contributed by atoms with Crippen LogP contribution in [-0.2, 0) is 4.74 Å². The Morgan fingerprint density at radius 1 is 1.16 bits per heavy atom. The molecule has 1 aliphatic carbocycles. The summed E-state index contributed by atoms with van der Waals surface area (Å²) < 4.78 is 6.25. The highest BCUT2D eigenvalue weighted by molar-refractivity contribution is 5.20. The van der Waals surface area contributed by atoms with Crippen LogP contribution in [0.4, 0.5) is 0 Å². The van der Waals surface area contributed by atoms with E-state index in [-0.39, 0.29) is 5.60 Å². The molecule has 2 nitrogen and oxygen atoms in total. The van der Waals surface area contributed by atoms with E-state index in [9.17, 15) is 0 Å². The third-order valence-corrected chi connectivity index (χ3v) is 4.01. The monoisotopic (exact) mass is 261 g/mol. The summed E-state index contributed by atoms with van der Waals surface area (Å²) in [5.74, 6) is 1.13. The molecule has 2 rings (SSSR count). The van der Waals surface area contributed by atoms with Gasteiger partial charge in [-0.2, -0.15) is 0 Å². The van der Waals surface area contributed by atoms with Crippen molar-refractivity contribution in [2.24, 2.45) is 11.7 Å². The molecule has 19 heavy (non-hydrogen) atoms. The zero-order valence-electron chi connectivity index (χ0n) is 12.4. The topological polar surface area (TPSA) is 35.2 Å². The van der Waals surface area contributed by atoms with E-state index in [4.69, 9.17) is 10.5 Å². The summed E-state index contributed by atoms with van der Waals surface area (Å²) in [6.07, 6.45) is 3.81. The number of ether oxygens (including phenoxy) is 1. The molecule has 1 aromatic rings. The van der Waals surface area contributed by atoms with E-state index in [0.717, 1.165) is 13.0 Å².